The monoisotopic (exact) mass is 168 g/mol. The molecular formula is C8H10NO3. The second-order valence-corrected chi connectivity index (χ2v) is 2.24. The van der Waals surface area contributed by atoms with Crippen LogP contribution < -0.4 is 15.2 Å². The van der Waals surface area contributed by atoms with Gasteiger partial charge < -0.3 is 15.2 Å². The van der Waals surface area contributed by atoms with Crippen molar-refractivity contribution in [1.29, 1.82) is 0 Å². The molecule has 0 aliphatic rings. The summed E-state index contributed by atoms with van der Waals surface area (Å²) in [5.41, 5.74) is 5.53. The van der Waals surface area contributed by atoms with Crippen LogP contribution in [0, 0.1) is 0 Å². The summed E-state index contributed by atoms with van der Waals surface area (Å²) in [6, 6.07) is 2.88. The lowest BCUT2D eigenvalue weighted by atomic mass is 10.2. The number of nitrogen functional groups attached to an aromatic ring is 1. The Balaban J connectivity index is 3.19. The van der Waals surface area contributed by atoms with Gasteiger partial charge in [-0.05, 0) is 0 Å². The van der Waals surface area contributed by atoms with Gasteiger partial charge in [0.05, 0.1) is 14.2 Å². The van der Waals surface area contributed by atoms with Crippen molar-refractivity contribution in [2.45, 2.75) is 0 Å². The molecule has 0 atom stereocenters. The number of methoxy groups -OCH3 is 2. The summed E-state index contributed by atoms with van der Waals surface area (Å²) in [6.07, 6.45) is 0. The first kappa shape index (κ1) is 8.52. The average Bonchev–Trinajstić information content (AvgIpc) is 2.09. The Labute approximate surface area is 70.5 Å². The predicted octanol–water partition coefficient (Wildman–Crippen LogP) is 1.43. The largest absolute Gasteiger partial charge is 0.496 e. The lowest BCUT2D eigenvalue weighted by Crippen LogP contribution is -1.93. The first-order valence-electron chi connectivity index (χ1n) is 3.37. The molecule has 0 aromatic heterocycles. The first-order chi connectivity index (χ1) is 5.69. The van der Waals surface area contributed by atoms with Gasteiger partial charge in [-0.1, -0.05) is 0 Å². The maximum atomic E-state index is 11.1. The van der Waals surface area contributed by atoms with Gasteiger partial charge in [0.15, 0.2) is 0 Å². The Bertz CT molecular complexity index is 286. The van der Waals surface area contributed by atoms with E-state index >= 15 is 0 Å². The predicted molar refractivity (Wildman–Crippen MR) is 44.1 cm³/mol. The standard InChI is InChI=1S/C8H10NO3/c1-11-5-3-6(10)8(9)7(4-5)12-2/h3-4H,9H2,1-2H3. The van der Waals surface area contributed by atoms with Crippen LogP contribution in [0.3, 0.4) is 0 Å². The van der Waals surface area contributed by atoms with Gasteiger partial charge in [-0.25, -0.2) is 0 Å². The van der Waals surface area contributed by atoms with E-state index in [0.29, 0.717) is 11.5 Å². The van der Waals surface area contributed by atoms with Crippen molar-refractivity contribution in [2.75, 3.05) is 20.0 Å². The molecule has 1 aromatic carbocycles. The van der Waals surface area contributed by atoms with Crippen LogP contribution in [0.15, 0.2) is 12.1 Å². The van der Waals surface area contributed by atoms with Crippen molar-refractivity contribution in [3.63, 3.8) is 0 Å². The molecule has 1 rings (SSSR count). The highest BCUT2D eigenvalue weighted by Crippen LogP contribution is 2.35. The average molecular weight is 168 g/mol. The number of rotatable bonds is 2. The maximum Gasteiger partial charge on any atom is 0.208 e. The van der Waals surface area contributed by atoms with Gasteiger partial charge in [0.25, 0.3) is 0 Å². The Morgan fingerprint density at radius 1 is 1.25 bits per heavy atom. The normalized spacial score (nSPS) is 9.50. The summed E-state index contributed by atoms with van der Waals surface area (Å²) in [5, 5.41) is 11.1. The van der Waals surface area contributed by atoms with Gasteiger partial charge in [-0.2, -0.15) is 0 Å². The molecule has 1 radical (unpaired) electrons. The molecule has 2 N–H and O–H groups in total. The van der Waals surface area contributed by atoms with E-state index in [4.69, 9.17) is 15.2 Å². The van der Waals surface area contributed by atoms with Crippen LogP contribution in [0.4, 0.5) is 5.69 Å². The van der Waals surface area contributed by atoms with Gasteiger partial charge in [-0.3, -0.25) is 5.11 Å². The van der Waals surface area contributed by atoms with Gasteiger partial charge in [0.1, 0.15) is 17.2 Å². The molecular weight excluding hydrogens is 158 g/mol. The Morgan fingerprint density at radius 3 is 2.42 bits per heavy atom. The van der Waals surface area contributed by atoms with Crippen LogP contribution in [0.2, 0.25) is 0 Å². The molecule has 0 heterocycles. The van der Waals surface area contributed by atoms with Crippen molar-refractivity contribution in [1.82, 2.24) is 0 Å². The van der Waals surface area contributed by atoms with Gasteiger partial charge >= 0.3 is 0 Å². The smallest absolute Gasteiger partial charge is 0.208 e. The Kier molecular flexibility index (Phi) is 2.28. The molecule has 0 saturated carbocycles. The van der Waals surface area contributed by atoms with E-state index in [-0.39, 0.29) is 11.4 Å². The SMILES string of the molecule is COc1cc([O])c(N)c(OC)c1. The molecule has 0 amide bonds. The molecule has 0 fully saturated rings. The van der Waals surface area contributed by atoms with Crippen LogP contribution in [0.5, 0.6) is 17.2 Å². The fourth-order valence-electron chi connectivity index (χ4n) is 0.864. The molecule has 0 unspecified atom stereocenters. The topological polar surface area (TPSA) is 64.4 Å². The lowest BCUT2D eigenvalue weighted by molar-refractivity contribution is 0.343. The summed E-state index contributed by atoms with van der Waals surface area (Å²) in [6.45, 7) is 0. The zero-order valence-electron chi connectivity index (χ0n) is 6.96. The molecule has 0 bridgehead atoms. The van der Waals surface area contributed by atoms with Gasteiger partial charge in [0.2, 0.25) is 5.75 Å². The molecule has 0 spiro atoms. The maximum absolute atomic E-state index is 11.1. The minimum atomic E-state index is -0.286. The van der Waals surface area contributed by atoms with E-state index in [9.17, 15) is 5.11 Å². The minimum Gasteiger partial charge on any atom is -0.496 e. The number of benzene rings is 1. The summed E-state index contributed by atoms with van der Waals surface area (Å²) < 4.78 is 9.72. The first-order valence-corrected chi connectivity index (χ1v) is 3.37. The lowest BCUT2D eigenvalue weighted by Gasteiger charge is -2.06. The van der Waals surface area contributed by atoms with E-state index < -0.39 is 0 Å². The zero-order chi connectivity index (χ0) is 9.14. The van der Waals surface area contributed by atoms with Crippen LogP contribution in [0.1, 0.15) is 0 Å². The van der Waals surface area contributed by atoms with Gasteiger partial charge in [-0.15, -0.1) is 0 Å². The summed E-state index contributed by atoms with van der Waals surface area (Å²) in [7, 11) is 2.93. The molecule has 12 heavy (non-hydrogen) atoms. The van der Waals surface area contributed by atoms with E-state index in [2.05, 4.69) is 0 Å². The number of anilines is 1. The summed E-state index contributed by atoms with van der Waals surface area (Å²) in [5.74, 6) is 0.511. The van der Waals surface area contributed by atoms with Crippen LogP contribution in [-0.4, -0.2) is 14.2 Å². The highest BCUT2D eigenvalue weighted by Gasteiger charge is 2.08. The van der Waals surface area contributed by atoms with E-state index in [1.54, 1.807) is 6.07 Å². The summed E-state index contributed by atoms with van der Waals surface area (Å²) >= 11 is 0. The fourth-order valence-corrected chi connectivity index (χ4v) is 0.864. The van der Waals surface area contributed by atoms with Crippen molar-refractivity contribution < 1.29 is 14.6 Å². The number of ether oxygens (including phenoxy) is 2. The van der Waals surface area contributed by atoms with Crippen LogP contribution in [-0.2, 0) is 5.11 Å². The third-order valence-corrected chi connectivity index (χ3v) is 1.53. The fraction of sp³-hybridized carbons (Fsp3) is 0.250. The number of hydrogen-bond donors (Lipinski definition) is 1. The Hall–Kier alpha value is -1.58. The molecule has 1 aromatic rings. The molecule has 65 valence electrons. The van der Waals surface area contributed by atoms with E-state index in [0.717, 1.165) is 0 Å². The quantitative estimate of drug-likeness (QED) is 0.679. The van der Waals surface area contributed by atoms with Gasteiger partial charge in [0, 0.05) is 12.1 Å². The molecule has 4 nitrogen and oxygen atoms in total. The van der Waals surface area contributed by atoms with Crippen LogP contribution >= 0.6 is 0 Å². The summed E-state index contributed by atoms with van der Waals surface area (Å²) in [4.78, 5) is 0. The van der Waals surface area contributed by atoms with Crippen molar-refractivity contribution >= 4 is 5.69 Å². The highest BCUT2D eigenvalue weighted by molar-refractivity contribution is 5.64. The van der Waals surface area contributed by atoms with Crippen LogP contribution in [0.25, 0.3) is 0 Å². The molecule has 4 heteroatoms. The highest BCUT2D eigenvalue weighted by atomic mass is 16.5. The molecule has 0 aliphatic carbocycles. The minimum absolute atomic E-state index is 0.110. The zero-order valence-corrected chi connectivity index (χ0v) is 6.96. The third-order valence-electron chi connectivity index (χ3n) is 1.53. The molecule has 0 saturated heterocycles. The van der Waals surface area contributed by atoms with Crippen molar-refractivity contribution in [2.24, 2.45) is 0 Å². The van der Waals surface area contributed by atoms with E-state index in [1.807, 2.05) is 0 Å². The molecule has 0 aliphatic heterocycles. The Morgan fingerprint density at radius 2 is 1.92 bits per heavy atom. The second-order valence-electron chi connectivity index (χ2n) is 2.24. The van der Waals surface area contributed by atoms with E-state index in [1.165, 1.54) is 20.3 Å². The van der Waals surface area contributed by atoms with Crippen molar-refractivity contribution in [3.05, 3.63) is 12.1 Å². The second kappa shape index (κ2) is 3.21. The van der Waals surface area contributed by atoms with Crippen molar-refractivity contribution in [3.8, 4) is 17.2 Å². The third kappa shape index (κ3) is 1.37. The number of nitrogens with two attached hydrogens (primary N) is 1. The number of hydrogen-bond acceptors (Lipinski definition) is 3.